The zero-order valence-electron chi connectivity index (χ0n) is 27.8. The molecule has 5 aliphatic rings. The summed E-state index contributed by atoms with van der Waals surface area (Å²) in [6.07, 6.45) is -1.09. The van der Waals surface area contributed by atoms with Crippen molar-refractivity contribution < 1.29 is 59.2 Å². The van der Waals surface area contributed by atoms with Gasteiger partial charge in [-0.2, -0.15) is 5.10 Å². The molecule has 3 unspecified atom stereocenters. The number of ketones is 1. The Kier molecular flexibility index (Phi) is 10.7. The van der Waals surface area contributed by atoms with Crippen LogP contribution in [-0.2, 0) is 19.1 Å². The number of ether oxygens (including phenoxy) is 2. The number of halogens is 1. The quantitative estimate of drug-likeness (QED) is 0.0835. The highest BCUT2D eigenvalue weighted by Gasteiger charge is 2.75. The van der Waals surface area contributed by atoms with Crippen LogP contribution in [0.1, 0.15) is 72.1 Å². The fourth-order valence-corrected chi connectivity index (χ4v) is 9.56. The van der Waals surface area contributed by atoms with Crippen molar-refractivity contribution in [2.75, 3.05) is 19.8 Å². The smallest absolute Gasteiger partial charge is 0.240 e. The molecule has 8 N–H and O–H groups in total. The van der Waals surface area contributed by atoms with E-state index in [1.54, 1.807) is 19.9 Å². The van der Waals surface area contributed by atoms with Crippen LogP contribution in [0.2, 0.25) is 0 Å². The van der Waals surface area contributed by atoms with E-state index in [0.29, 0.717) is 44.1 Å². The Labute approximate surface area is 279 Å². The van der Waals surface area contributed by atoms with Crippen LogP contribution in [-0.4, -0.2) is 121 Å². The van der Waals surface area contributed by atoms with Gasteiger partial charge in [0.2, 0.25) is 5.91 Å². The molecule has 0 aromatic carbocycles. The normalized spacial score (nSPS) is 45.6. The minimum Gasteiger partial charge on any atom is -0.394 e. The predicted molar refractivity (Wildman–Crippen MR) is 169 cm³/mol. The Bertz CT molecular complexity index is 1330. The minimum absolute atomic E-state index is 0.0504. The van der Waals surface area contributed by atoms with E-state index >= 15 is 4.39 Å². The number of carbonyl (C=O) groups is 2. The number of nitrogens with zero attached hydrogens (tertiary/aromatic N) is 1. The summed E-state index contributed by atoms with van der Waals surface area (Å²) < 4.78 is 28.2. The van der Waals surface area contributed by atoms with Crippen LogP contribution >= 0.6 is 0 Å². The maximum Gasteiger partial charge on any atom is 0.240 e. The molecule has 1 saturated heterocycles. The molecule has 48 heavy (non-hydrogen) atoms. The minimum atomic E-state index is -2.06. The van der Waals surface area contributed by atoms with Gasteiger partial charge in [-0.25, -0.2) is 9.82 Å². The Hall–Kier alpha value is -2.14. The lowest BCUT2D eigenvalue weighted by atomic mass is 9.44. The number of hydrogen-bond acceptors (Lipinski definition) is 12. The lowest BCUT2D eigenvalue weighted by Gasteiger charge is -2.62. The molecule has 0 aromatic rings. The van der Waals surface area contributed by atoms with Crippen molar-refractivity contribution in [2.24, 2.45) is 33.7 Å². The van der Waals surface area contributed by atoms with Gasteiger partial charge < -0.3 is 45.2 Å². The van der Waals surface area contributed by atoms with Crippen LogP contribution in [0.4, 0.5) is 4.39 Å². The van der Waals surface area contributed by atoms with E-state index in [1.807, 2.05) is 6.92 Å². The average molecular weight is 683 g/mol. The van der Waals surface area contributed by atoms with E-state index in [4.69, 9.17) is 9.47 Å². The molecule has 1 aliphatic heterocycles. The second-order valence-corrected chi connectivity index (χ2v) is 14.8. The first-order valence-electron chi connectivity index (χ1n) is 17.0. The molecule has 3 saturated carbocycles. The monoisotopic (exact) mass is 682 g/mol. The Balaban J connectivity index is 1.18. The highest BCUT2D eigenvalue weighted by molar-refractivity contribution is 6.01. The van der Waals surface area contributed by atoms with E-state index in [1.165, 1.54) is 12.2 Å². The summed E-state index contributed by atoms with van der Waals surface area (Å²) in [6, 6.07) is 0. The van der Waals surface area contributed by atoms with Gasteiger partial charge >= 0.3 is 0 Å². The van der Waals surface area contributed by atoms with Gasteiger partial charge in [0.25, 0.3) is 0 Å². The van der Waals surface area contributed by atoms with Gasteiger partial charge in [0.15, 0.2) is 17.7 Å². The van der Waals surface area contributed by atoms with Gasteiger partial charge in [-0.3, -0.25) is 9.59 Å². The Morgan fingerprint density at radius 2 is 1.83 bits per heavy atom. The highest BCUT2D eigenvalue weighted by atomic mass is 19.1. The number of carbonyl (C=O) groups excluding carboxylic acids is 2. The lowest BCUT2D eigenvalue weighted by molar-refractivity contribution is -0.301. The van der Waals surface area contributed by atoms with E-state index in [2.05, 4.69) is 10.5 Å². The zero-order valence-corrected chi connectivity index (χ0v) is 27.8. The van der Waals surface area contributed by atoms with Crippen LogP contribution in [0.15, 0.2) is 28.9 Å². The van der Waals surface area contributed by atoms with E-state index in [0.717, 1.165) is 0 Å². The van der Waals surface area contributed by atoms with Crippen molar-refractivity contribution in [3.8, 4) is 0 Å². The molecule has 1 amide bonds. The molecule has 0 spiro atoms. The number of allylic oxidation sites excluding steroid dienone is 4. The zero-order chi connectivity index (χ0) is 35.2. The van der Waals surface area contributed by atoms with E-state index < -0.39 is 89.9 Å². The van der Waals surface area contributed by atoms with Crippen molar-refractivity contribution in [1.82, 2.24) is 5.43 Å². The largest absolute Gasteiger partial charge is 0.394 e. The van der Waals surface area contributed by atoms with Gasteiger partial charge in [0.1, 0.15) is 30.0 Å². The lowest BCUT2D eigenvalue weighted by Crippen LogP contribution is -2.69. The molecule has 4 fully saturated rings. The number of fused-ring (bicyclic) bond motifs is 5. The summed E-state index contributed by atoms with van der Waals surface area (Å²) in [7, 11) is 0. The number of rotatable bonds is 11. The van der Waals surface area contributed by atoms with Crippen LogP contribution in [0.25, 0.3) is 0 Å². The number of hydrogen-bond donors (Lipinski definition) is 8. The van der Waals surface area contributed by atoms with Crippen molar-refractivity contribution in [3.63, 3.8) is 0 Å². The van der Waals surface area contributed by atoms with Crippen molar-refractivity contribution in [3.05, 3.63) is 23.8 Å². The molecule has 4 aliphatic carbocycles. The van der Waals surface area contributed by atoms with E-state index in [-0.39, 0.29) is 36.9 Å². The van der Waals surface area contributed by atoms with Gasteiger partial charge in [-0.15, -0.1) is 0 Å². The third-order valence-corrected chi connectivity index (χ3v) is 12.3. The molecule has 13 nitrogen and oxygen atoms in total. The second kappa shape index (κ2) is 13.9. The molecule has 1 heterocycles. The maximum atomic E-state index is 17.4. The van der Waals surface area contributed by atoms with Crippen LogP contribution < -0.4 is 5.43 Å². The molecule has 0 bridgehead atoms. The van der Waals surface area contributed by atoms with Crippen molar-refractivity contribution in [2.45, 2.75) is 120 Å². The van der Waals surface area contributed by atoms with E-state index in [9.17, 15) is 45.3 Å². The summed E-state index contributed by atoms with van der Waals surface area (Å²) in [5.41, 5.74) is -2.97. The first-order valence-corrected chi connectivity index (χ1v) is 17.0. The molecular weight excluding hydrogens is 631 g/mol. The number of aliphatic hydroxyl groups is 7. The predicted octanol–water partition coefficient (Wildman–Crippen LogP) is 0.176. The third-order valence-electron chi connectivity index (χ3n) is 12.3. The number of hydrazone groups is 1. The number of aliphatic hydroxyl groups excluding tert-OH is 6. The Morgan fingerprint density at radius 3 is 2.52 bits per heavy atom. The fourth-order valence-electron chi connectivity index (χ4n) is 9.56. The van der Waals surface area contributed by atoms with Gasteiger partial charge in [0, 0.05) is 29.8 Å². The SMILES string of the molecule is C[C@@H]1C[C@H]2[C@@H]3CCC4=CC(=O)C=C[C@]4(C)[C@@]3(F)C(O)C[C@]2(C)[C@@]1(O)/C(CO)=N/NC(=O)CCCCCO[C@H]1OC(CO)[C@@H](O)[C@H](O)C1O. The summed E-state index contributed by atoms with van der Waals surface area (Å²) in [5.74, 6) is -2.11. The van der Waals surface area contributed by atoms with Crippen LogP contribution in [0.3, 0.4) is 0 Å². The van der Waals surface area contributed by atoms with Crippen molar-refractivity contribution in [1.29, 1.82) is 0 Å². The average Bonchev–Trinajstić information content (AvgIpc) is 3.24. The number of unbranched alkanes of at least 4 members (excludes halogenated alkanes) is 2. The molecule has 14 heteroatoms. The molecule has 0 aromatic heterocycles. The first kappa shape index (κ1) is 37.1. The molecule has 270 valence electrons. The highest BCUT2D eigenvalue weighted by Crippen LogP contribution is 2.70. The third kappa shape index (κ3) is 5.80. The molecule has 0 radical (unpaired) electrons. The van der Waals surface area contributed by atoms with Gasteiger partial charge in [0.05, 0.1) is 25.0 Å². The van der Waals surface area contributed by atoms with Crippen LogP contribution in [0, 0.1) is 28.6 Å². The summed E-state index contributed by atoms with van der Waals surface area (Å²) in [5, 5.41) is 77.6. The van der Waals surface area contributed by atoms with Crippen LogP contribution in [0.5, 0.6) is 0 Å². The number of amides is 1. The van der Waals surface area contributed by atoms with Crippen molar-refractivity contribution >= 4 is 17.4 Å². The standard InChI is InChI=1S/C34H51FN2O11/c1-18-13-22-21-9-8-19-14-20(40)10-11-31(19,2)33(21,35)25(41)15-32(22,3)34(18,46)24(17-39)36-37-26(42)7-5-4-6-12-47-30-29(45)28(44)27(43)23(16-38)48-30/h10-11,14,18,21-23,25,27-30,38-39,41,43-46H,4-9,12-13,15-17H2,1-3H3,(H,37,42)/b36-24+/t18-,21+,22+,23?,25?,27-,28+,29?,30+,31+,32+,33+,34+/m1/s1. The molecular formula is C34H51FN2O11. The number of alkyl halides is 1. The second-order valence-electron chi connectivity index (χ2n) is 14.8. The first-order chi connectivity index (χ1) is 22.6. The molecule has 13 atom stereocenters. The summed E-state index contributed by atoms with van der Waals surface area (Å²) >= 11 is 0. The molecule has 5 rings (SSSR count). The van der Waals surface area contributed by atoms with Gasteiger partial charge in [-0.1, -0.05) is 31.9 Å². The topological polar surface area (TPSA) is 219 Å². The maximum absolute atomic E-state index is 17.4. The summed E-state index contributed by atoms with van der Waals surface area (Å²) in [6.45, 7) is 4.25. The van der Waals surface area contributed by atoms with Gasteiger partial charge in [-0.05, 0) is 69.4 Å². The number of nitrogens with one attached hydrogen (secondary N) is 1. The Morgan fingerprint density at radius 1 is 1.10 bits per heavy atom. The summed E-state index contributed by atoms with van der Waals surface area (Å²) in [4.78, 5) is 24.8. The fraction of sp³-hybridized carbons (Fsp3) is 0.794.